The van der Waals surface area contributed by atoms with Crippen molar-refractivity contribution < 1.29 is 9.59 Å². The van der Waals surface area contributed by atoms with E-state index in [1.165, 1.54) is 25.7 Å². The summed E-state index contributed by atoms with van der Waals surface area (Å²) in [7, 11) is 0. The van der Waals surface area contributed by atoms with Crippen LogP contribution in [0.4, 0.5) is 4.79 Å². The maximum Gasteiger partial charge on any atom is 0.318 e. The van der Waals surface area contributed by atoms with Gasteiger partial charge in [0, 0.05) is 0 Å². The Morgan fingerprint density at radius 1 is 1.29 bits per heavy atom. The number of carbonyl (C=O) groups is 2. The molecule has 0 aliphatic heterocycles. The molecule has 1 rings (SSSR count). The first kappa shape index (κ1) is 14.0. The molecule has 4 N–H and O–H groups in total. The molecule has 3 amide bonds. The lowest BCUT2D eigenvalue weighted by Gasteiger charge is -2.27. The first-order chi connectivity index (χ1) is 7.99. The van der Waals surface area contributed by atoms with E-state index < -0.39 is 6.03 Å². The van der Waals surface area contributed by atoms with Gasteiger partial charge in [0.15, 0.2) is 0 Å². The molecule has 1 unspecified atom stereocenters. The third kappa shape index (κ3) is 5.17. The topological polar surface area (TPSA) is 84.2 Å². The van der Waals surface area contributed by atoms with Crippen molar-refractivity contribution in [3.8, 4) is 0 Å². The highest BCUT2D eigenvalue weighted by Crippen LogP contribution is 2.27. The zero-order valence-electron chi connectivity index (χ0n) is 10.7. The van der Waals surface area contributed by atoms with Crippen LogP contribution in [0.3, 0.4) is 0 Å². The number of hydrogen-bond acceptors (Lipinski definition) is 3. The Kier molecular flexibility index (Phi) is 5.41. The average Bonchev–Trinajstić information content (AvgIpc) is 2.27. The second-order valence-electron chi connectivity index (χ2n) is 5.11. The molecule has 5 heteroatoms. The first-order valence-electron chi connectivity index (χ1n) is 6.32. The Labute approximate surface area is 103 Å². The monoisotopic (exact) mass is 241 g/mol. The molecule has 0 spiro atoms. The molecule has 0 bridgehead atoms. The number of carbonyl (C=O) groups excluding carboxylic acids is 2. The number of nitrogens with two attached hydrogens (primary N) is 1. The SMILES string of the molecule is CC1CCC(CNC(C)C(=O)NC(N)=O)CC1. The maximum absolute atomic E-state index is 11.4. The van der Waals surface area contributed by atoms with Crippen LogP contribution in [0.15, 0.2) is 0 Å². The van der Waals surface area contributed by atoms with Crippen LogP contribution < -0.4 is 16.4 Å². The second-order valence-corrected chi connectivity index (χ2v) is 5.11. The standard InChI is InChI=1S/C12H23N3O2/c1-8-3-5-10(6-4-8)7-14-9(2)11(16)15-12(13)17/h8-10,14H,3-7H2,1-2H3,(H3,13,15,16,17). The highest BCUT2D eigenvalue weighted by molar-refractivity contribution is 5.96. The van der Waals surface area contributed by atoms with Gasteiger partial charge in [-0.25, -0.2) is 4.79 Å². The van der Waals surface area contributed by atoms with Crippen molar-refractivity contribution in [2.45, 2.75) is 45.6 Å². The van der Waals surface area contributed by atoms with Gasteiger partial charge in [-0.15, -0.1) is 0 Å². The van der Waals surface area contributed by atoms with Gasteiger partial charge in [-0.2, -0.15) is 0 Å². The molecule has 0 heterocycles. The summed E-state index contributed by atoms with van der Waals surface area (Å²) in [5.41, 5.74) is 4.89. The molecule has 1 aliphatic rings. The minimum atomic E-state index is -0.796. The number of urea groups is 1. The third-order valence-electron chi connectivity index (χ3n) is 3.49. The molecule has 1 aliphatic carbocycles. The number of imide groups is 1. The van der Waals surface area contributed by atoms with Crippen molar-refractivity contribution in [3.63, 3.8) is 0 Å². The van der Waals surface area contributed by atoms with Crippen molar-refractivity contribution in [1.29, 1.82) is 0 Å². The van der Waals surface area contributed by atoms with Gasteiger partial charge in [0.05, 0.1) is 6.04 Å². The summed E-state index contributed by atoms with van der Waals surface area (Å²) in [6.07, 6.45) is 4.99. The van der Waals surface area contributed by atoms with Gasteiger partial charge in [0.25, 0.3) is 0 Å². The Hall–Kier alpha value is -1.10. The van der Waals surface area contributed by atoms with Crippen LogP contribution >= 0.6 is 0 Å². The van der Waals surface area contributed by atoms with Crippen molar-refractivity contribution in [1.82, 2.24) is 10.6 Å². The number of hydrogen-bond donors (Lipinski definition) is 3. The summed E-state index contributed by atoms with van der Waals surface area (Å²) in [6, 6.07) is -1.17. The average molecular weight is 241 g/mol. The molecule has 98 valence electrons. The van der Waals surface area contributed by atoms with E-state index in [-0.39, 0.29) is 11.9 Å². The summed E-state index contributed by atoms with van der Waals surface area (Å²) in [6.45, 7) is 4.86. The smallest absolute Gasteiger partial charge is 0.318 e. The summed E-state index contributed by atoms with van der Waals surface area (Å²) in [5, 5.41) is 5.23. The molecule has 0 aromatic heterocycles. The zero-order valence-corrected chi connectivity index (χ0v) is 10.7. The van der Waals surface area contributed by atoms with Crippen molar-refractivity contribution in [2.24, 2.45) is 17.6 Å². The van der Waals surface area contributed by atoms with Gasteiger partial charge in [0.2, 0.25) is 5.91 Å². The Bertz CT molecular complexity index is 273. The van der Waals surface area contributed by atoms with E-state index in [9.17, 15) is 9.59 Å². The van der Waals surface area contributed by atoms with Crippen LogP contribution in [-0.4, -0.2) is 24.5 Å². The molecule has 0 saturated heterocycles. The summed E-state index contributed by atoms with van der Waals surface area (Å²) in [4.78, 5) is 21.9. The first-order valence-corrected chi connectivity index (χ1v) is 6.32. The molecule has 1 fully saturated rings. The van der Waals surface area contributed by atoms with Gasteiger partial charge in [-0.05, 0) is 38.1 Å². The quantitative estimate of drug-likeness (QED) is 0.686. The van der Waals surface area contributed by atoms with Crippen LogP contribution in [0, 0.1) is 11.8 Å². The van der Waals surface area contributed by atoms with E-state index in [1.807, 2.05) is 0 Å². The minimum absolute atomic E-state index is 0.360. The van der Waals surface area contributed by atoms with Crippen LogP contribution in [0.25, 0.3) is 0 Å². The lowest BCUT2D eigenvalue weighted by molar-refractivity contribution is -0.121. The van der Waals surface area contributed by atoms with Crippen LogP contribution in [-0.2, 0) is 4.79 Å². The number of nitrogens with one attached hydrogen (secondary N) is 2. The van der Waals surface area contributed by atoms with Crippen LogP contribution in [0.2, 0.25) is 0 Å². The lowest BCUT2D eigenvalue weighted by Crippen LogP contribution is -2.47. The Balaban J connectivity index is 2.21. The zero-order chi connectivity index (χ0) is 12.8. The molecule has 0 radical (unpaired) electrons. The molecular weight excluding hydrogens is 218 g/mol. The van der Waals surface area contributed by atoms with Gasteiger partial charge >= 0.3 is 6.03 Å². The Morgan fingerprint density at radius 3 is 2.41 bits per heavy atom. The molecule has 0 aromatic carbocycles. The third-order valence-corrected chi connectivity index (χ3v) is 3.49. The molecule has 0 aromatic rings. The Morgan fingerprint density at radius 2 is 1.88 bits per heavy atom. The molecule has 1 saturated carbocycles. The number of rotatable bonds is 4. The normalized spacial score (nSPS) is 26.2. The molecule has 1 atom stereocenters. The van der Waals surface area contributed by atoms with Crippen molar-refractivity contribution in [3.05, 3.63) is 0 Å². The van der Waals surface area contributed by atoms with Crippen molar-refractivity contribution >= 4 is 11.9 Å². The van der Waals surface area contributed by atoms with E-state index in [1.54, 1.807) is 6.92 Å². The number of primary amides is 1. The summed E-state index contributed by atoms with van der Waals surface area (Å²) in [5.74, 6) is 1.12. The fourth-order valence-corrected chi connectivity index (χ4v) is 2.20. The van der Waals surface area contributed by atoms with Gasteiger partial charge in [0.1, 0.15) is 0 Å². The maximum atomic E-state index is 11.4. The van der Waals surface area contributed by atoms with E-state index in [4.69, 9.17) is 5.73 Å². The van der Waals surface area contributed by atoms with Gasteiger partial charge in [-0.3, -0.25) is 10.1 Å². The molecular formula is C12H23N3O2. The molecule has 17 heavy (non-hydrogen) atoms. The molecule has 5 nitrogen and oxygen atoms in total. The van der Waals surface area contributed by atoms with E-state index in [2.05, 4.69) is 17.6 Å². The highest BCUT2D eigenvalue weighted by Gasteiger charge is 2.20. The lowest BCUT2D eigenvalue weighted by atomic mass is 9.83. The van der Waals surface area contributed by atoms with Gasteiger partial charge < -0.3 is 11.1 Å². The summed E-state index contributed by atoms with van der Waals surface area (Å²) < 4.78 is 0. The van der Waals surface area contributed by atoms with Crippen LogP contribution in [0.1, 0.15) is 39.5 Å². The van der Waals surface area contributed by atoms with E-state index in [0.29, 0.717) is 5.92 Å². The number of amides is 3. The van der Waals surface area contributed by atoms with Crippen molar-refractivity contribution in [2.75, 3.05) is 6.54 Å². The van der Waals surface area contributed by atoms with Gasteiger partial charge in [-0.1, -0.05) is 19.8 Å². The van der Waals surface area contributed by atoms with Crippen LogP contribution in [0.5, 0.6) is 0 Å². The minimum Gasteiger partial charge on any atom is -0.351 e. The fraction of sp³-hybridized carbons (Fsp3) is 0.833. The highest BCUT2D eigenvalue weighted by atomic mass is 16.2. The van der Waals surface area contributed by atoms with E-state index in [0.717, 1.165) is 12.5 Å². The fourth-order valence-electron chi connectivity index (χ4n) is 2.20. The van der Waals surface area contributed by atoms with E-state index >= 15 is 0 Å². The predicted molar refractivity (Wildman–Crippen MR) is 66.3 cm³/mol. The second kappa shape index (κ2) is 6.59. The largest absolute Gasteiger partial charge is 0.351 e. The predicted octanol–water partition coefficient (Wildman–Crippen LogP) is 0.986. The summed E-state index contributed by atoms with van der Waals surface area (Å²) >= 11 is 0.